The lowest BCUT2D eigenvalue weighted by atomic mass is 10.0. The van der Waals surface area contributed by atoms with Crippen LogP contribution in [0.1, 0.15) is 59.3 Å². The first-order valence-corrected chi connectivity index (χ1v) is 6.62. The number of ether oxygens (including phenoxy) is 1. The van der Waals surface area contributed by atoms with Crippen LogP contribution in [0.4, 0.5) is 0 Å². The minimum Gasteiger partial charge on any atom is -0.491 e. The van der Waals surface area contributed by atoms with Gasteiger partial charge in [0, 0.05) is 0 Å². The maximum Gasteiger partial charge on any atom is 0.121 e. The molecule has 1 heteroatoms. The fourth-order valence-electron chi connectivity index (χ4n) is 2.07. The summed E-state index contributed by atoms with van der Waals surface area (Å²) >= 11 is 0. The van der Waals surface area contributed by atoms with Gasteiger partial charge in [-0.05, 0) is 31.9 Å². The summed E-state index contributed by atoms with van der Waals surface area (Å²) in [5, 5.41) is 0. The van der Waals surface area contributed by atoms with E-state index in [9.17, 15) is 0 Å². The van der Waals surface area contributed by atoms with Crippen molar-refractivity contribution in [2.24, 2.45) is 5.92 Å². The van der Waals surface area contributed by atoms with Gasteiger partial charge in [0.05, 0.1) is 6.26 Å². The molecule has 0 aromatic carbocycles. The Morgan fingerprint density at radius 3 is 2.00 bits per heavy atom. The molecule has 1 fully saturated rings. The molecule has 0 unspecified atom stereocenters. The number of hydrogen-bond donors (Lipinski definition) is 0. The van der Waals surface area contributed by atoms with Gasteiger partial charge in [0.15, 0.2) is 0 Å². The average molecular weight is 222 g/mol. The van der Waals surface area contributed by atoms with E-state index in [4.69, 9.17) is 4.74 Å². The molecule has 1 aliphatic carbocycles. The molecule has 0 radical (unpaired) electrons. The summed E-state index contributed by atoms with van der Waals surface area (Å²) in [6.45, 7) is 6.42. The number of rotatable bonds is 0. The summed E-state index contributed by atoms with van der Waals surface area (Å²) in [5.74, 6) is 1.03. The molecule has 2 aliphatic rings. The zero-order valence-corrected chi connectivity index (χ0v) is 11.0. The Bertz CT molecular complexity index is 230. The smallest absolute Gasteiger partial charge is 0.121 e. The molecule has 0 N–H and O–H groups in total. The quantitative estimate of drug-likeness (QED) is 0.533. The third kappa shape index (κ3) is 5.99. The van der Waals surface area contributed by atoms with E-state index in [1.807, 2.05) is 32.1 Å². The van der Waals surface area contributed by atoms with Gasteiger partial charge in [-0.2, -0.15) is 0 Å². The van der Waals surface area contributed by atoms with Crippen LogP contribution in [-0.2, 0) is 4.74 Å². The molecule has 0 atom stereocenters. The molecule has 16 heavy (non-hydrogen) atoms. The Hall–Kier alpha value is -0.720. The Labute approximate surface area is 101 Å². The standard InChI is InChI=1S/C8H16.C7H10O/c1-8-6-4-2-3-5-7-8;1-7(2)5-3-4-6-8-7/h8H,2-7H2,1H3;3-6H,1-2H3. The predicted octanol–water partition coefficient (Wildman–Crippen LogP) is 4.84. The van der Waals surface area contributed by atoms with E-state index in [1.165, 1.54) is 38.5 Å². The van der Waals surface area contributed by atoms with Crippen LogP contribution in [0.25, 0.3) is 0 Å². The molecule has 0 saturated heterocycles. The van der Waals surface area contributed by atoms with Crippen LogP contribution < -0.4 is 0 Å². The van der Waals surface area contributed by atoms with E-state index in [1.54, 1.807) is 6.26 Å². The third-order valence-electron chi connectivity index (χ3n) is 3.20. The molecular formula is C15H26O. The second kappa shape index (κ2) is 6.78. The van der Waals surface area contributed by atoms with E-state index in [0.29, 0.717) is 0 Å². The third-order valence-corrected chi connectivity index (χ3v) is 3.20. The summed E-state index contributed by atoms with van der Waals surface area (Å²) in [4.78, 5) is 0. The molecule has 1 aliphatic heterocycles. The lowest BCUT2D eigenvalue weighted by Gasteiger charge is -2.21. The SMILES string of the molecule is CC1(C)C=CC=CO1.CC1CCCCCC1. The monoisotopic (exact) mass is 222 g/mol. The Morgan fingerprint density at radius 1 is 1.00 bits per heavy atom. The van der Waals surface area contributed by atoms with E-state index in [-0.39, 0.29) is 5.60 Å². The van der Waals surface area contributed by atoms with Crippen molar-refractivity contribution >= 4 is 0 Å². The van der Waals surface area contributed by atoms with Crippen molar-refractivity contribution in [1.82, 2.24) is 0 Å². The highest BCUT2D eigenvalue weighted by Crippen LogP contribution is 2.21. The molecule has 1 saturated carbocycles. The first-order chi connectivity index (χ1) is 7.60. The van der Waals surface area contributed by atoms with E-state index >= 15 is 0 Å². The van der Waals surface area contributed by atoms with Crippen molar-refractivity contribution in [3.63, 3.8) is 0 Å². The van der Waals surface area contributed by atoms with Crippen LogP contribution in [0.2, 0.25) is 0 Å². The highest BCUT2D eigenvalue weighted by molar-refractivity contribution is 5.11. The molecule has 92 valence electrons. The zero-order chi connectivity index (χ0) is 11.9. The first-order valence-electron chi connectivity index (χ1n) is 6.62. The summed E-state index contributed by atoms with van der Waals surface area (Å²) in [6, 6.07) is 0. The minimum atomic E-state index is -0.0885. The highest BCUT2D eigenvalue weighted by Gasteiger charge is 2.13. The number of hydrogen-bond acceptors (Lipinski definition) is 1. The summed E-state index contributed by atoms with van der Waals surface area (Å²) in [6.07, 6.45) is 16.5. The van der Waals surface area contributed by atoms with Gasteiger partial charge in [0.1, 0.15) is 5.60 Å². The maximum atomic E-state index is 5.20. The van der Waals surface area contributed by atoms with Crippen molar-refractivity contribution in [3.05, 3.63) is 24.5 Å². The van der Waals surface area contributed by atoms with Gasteiger partial charge < -0.3 is 4.74 Å². The van der Waals surface area contributed by atoms with Gasteiger partial charge in [0.2, 0.25) is 0 Å². The number of allylic oxidation sites excluding steroid dienone is 2. The largest absolute Gasteiger partial charge is 0.491 e. The van der Waals surface area contributed by atoms with Gasteiger partial charge in [0.25, 0.3) is 0 Å². The van der Waals surface area contributed by atoms with E-state index in [0.717, 1.165) is 5.92 Å². The Morgan fingerprint density at radius 2 is 1.62 bits per heavy atom. The minimum absolute atomic E-state index is 0.0885. The van der Waals surface area contributed by atoms with Crippen molar-refractivity contribution < 1.29 is 4.74 Å². The molecule has 2 rings (SSSR count). The predicted molar refractivity (Wildman–Crippen MR) is 70.3 cm³/mol. The van der Waals surface area contributed by atoms with Crippen molar-refractivity contribution in [2.75, 3.05) is 0 Å². The lowest BCUT2D eigenvalue weighted by molar-refractivity contribution is 0.102. The molecule has 0 aromatic rings. The van der Waals surface area contributed by atoms with Crippen LogP contribution in [0.5, 0.6) is 0 Å². The van der Waals surface area contributed by atoms with Crippen molar-refractivity contribution in [3.8, 4) is 0 Å². The van der Waals surface area contributed by atoms with Gasteiger partial charge >= 0.3 is 0 Å². The van der Waals surface area contributed by atoms with E-state index < -0.39 is 0 Å². The van der Waals surface area contributed by atoms with Crippen LogP contribution in [-0.4, -0.2) is 5.60 Å². The molecule has 0 bridgehead atoms. The van der Waals surface area contributed by atoms with Crippen LogP contribution in [0.3, 0.4) is 0 Å². The normalized spacial score (nSPS) is 23.9. The van der Waals surface area contributed by atoms with Crippen LogP contribution >= 0.6 is 0 Å². The maximum absolute atomic E-state index is 5.20. The molecule has 1 nitrogen and oxygen atoms in total. The van der Waals surface area contributed by atoms with Crippen molar-refractivity contribution in [2.45, 2.75) is 64.9 Å². The van der Waals surface area contributed by atoms with Crippen molar-refractivity contribution in [1.29, 1.82) is 0 Å². The van der Waals surface area contributed by atoms with Gasteiger partial charge in [-0.25, -0.2) is 0 Å². The summed E-state index contributed by atoms with van der Waals surface area (Å²) < 4.78 is 5.20. The topological polar surface area (TPSA) is 9.23 Å². The van der Waals surface area contributed by atoms with Crippen LogP contribution in [0, 0.1) is 5.92 Å². The molecule has 0 aromatic heterocycles. The fraction of sp³-hybridized carbons (Fsp3) is 0.733. The average Bonchev–Trinajstić information content (AvgIpc) is 2.46. The fourth-order valence-corrected chi connectivity index (χ4v) is 2.07. The highest BCUT2D eigenvalue weighted by atomic mass is 16.5. The Balaban J connectivity index is 0.000000160. The second-order valence-corrected chi connectivity index (χ2v) is 5.51. The molecule has 0 amide bonds. The van der Waals surface area contributed by atoms with Gasteiger partial charge in [-0.1, -0.05) is 51.5 Å². The van der Waals surface area contributed by atoms with Gasteiger partial charge in [-0.15, -0.1) is 0 Å². The molecule has 0 spiro atoms. The summed E-state index contributed by atoms with van der Waals surface area (Å²) in [5.41, 5.74) is -0.0885. The first kappa shape index (κ1) is 13.3. The zero-order valence-electron chi connectivity index (χ0n) is 11.0. The molecular weight excluding hydrogens is 196 g/mol. The lowest BCUT2D eigenvalue weighted by Crippen LogP contribution is -2.19. The van der Waals surface area contributed by atoms with Gasteiger partial charge in [-0.3, -0.25) is 0 Å². The van der Waals surface area contributed by atoms with E-state index in [2.05, 4.69) is 6.92 Å². The second-order valence-electron chi connectivity index (χ2n) is 5.51. The summed E-state index contributed by atoms with van der Waals surface area (Å²) in [7, 11) is 0. The Kier molecular flexibility index (Phi) is 5.65. The molecule has 1 heterocycles. The van der Waals surface area contributed by atoms with Crippen LogP contribution in [0.15, 0.2) is 24.5 Å².